The van der Waals surface area contributed by atoms with Crippen molar-refractivity contribution < 1.29 is 4.79 Å². The van der Waals surface area contributed by atoms with Gasteiger partial charge in [-0.1, -0.05) is 24.6 Å². The van der Waals surface area contributed by atoms with Crippen LogP contribution in [0.2, 0.25) is 0 Å². The third kappa shape index (κ3) is 2.57. The molecule has 0 radical (unpaired) electrons. The molecule has 118 valence electrons. The van der Waals surface area contributed by atoms with Gasteiger partial charge in [0.05, 0.1) is 6.04 Å². The summed E-state index contributed by atoms with van der Waals surface area (Å²) in [4.78, 5) is 12.6. The van der Waals surface area contributed by atoms with Crippen molar-refractivity contribution in [1.29, 1.82) is 0 Å². The average molecular weight is 297 g/mol. The molecule has 3 aliphatic rings. The van der Waals surface area contributed by atoms with Crippen molar-refractivity contribution >= 4 is 5.91 Å². The lowest BCUT2D eigenvalue weighted by Crippen LogP contribution is -2.35. The van der Waals surface area contributed by atoms with E-state index in [4.69, 9.17) is 0 Å². The van der Waals surface area contributed by atoms with Crippen molar-refractivity contribution in [2.75, 3.05) is 0 Å². The standard InChI is InChI=1S/C20H27NO/c1-13(16-9-8-15-4-2-3-5-17(15)12-16)21-20(22)19-11-14-6-7-18(19)10-14/h8-9,12-14,18-19H,2-7,10-11H2,1H3,(H,21,22). The molecule has 1 aromatic carbocycles. The lowest BCUT2D eigenvalue weighted by Gasteiger charge is -2.24. The van der Waals surface area contributed by atoms with Gasteiger partial charge < -0.3 is 5.32 Å². The first-order valence-electron chi connectivity index (χ1n) is 9.13. The highest BCUT2D eigenvalue weighted by Gasteiger charge is 2.43. The summed E-state index contributed by atoms with van der Waals surface area (Å²) in [5.41, 5.74) is 4.29. The van der Waals surface area contributed by atoms with Crippen LogP contribution in [0, 0.1) is 17.8 Å². The van der Waals surface area contributed by atoms with Crippen molar-refractivity contribution in [3.63, 3.8) is 0 Å². The molecule has 0 aliphatic heterocycles. The summed E-state index contributed by atoms with van der Waals surface area (Å²) in [5, 5.41) is 3.29. The minimum atomic E-state index is 0.138. The Morgan fingerprint density at radius 2 is 1.95 bits per heavy atom. The number of hydrogen-bond acceptors (Lipinski definition) is 1. The van der Waals surface area contributed by atoms with Gasteiger partial charge in [-0.25, -0.2) is 0 Å². The van der Waals surface area contributed by atoms with Crippen LogP contribution in [-0.2, 0) is 17.6 Å². The Hall–Kier alpha value is -1.31. The molecule has 1 amide bonds. The number of rotatable bonds is 3. The highest BCUT2D eigenvalue weighted by Crippen LogP contribution is 2.48. The molecule has 0 heterocycles. The smallest absolute Gasteiger partial charge is 0.223 e. The molecule has 4 atom stereocenters. The van der Waals surface area contributed by atoms with Gasteiger partial charge in [-0.2, -0.15) is 0 Å². The zero-order valence-electron chi connectivity index (χ0n) is 13.6. The molecule has 2 heteroatoms. The number of carbonyl (C=O) groups is 1. The van der Waals surface area contributed by atoms with Crippen LogP contribution in [0.3, 0.4) is 0 Å². The van der Waals surface area contributed by atoms with E-state index in [1.54, 1.807) is 0 Å². The first-order chi connectivity index (χ1) is 10.7. The summed E-state index contributed by atoms with van der Waals surface area (Å²) in [6, 6.07) is 6.97. The highest BCUT2D eigenvalue weighted by atomic mass is 16.2. The maximum absolute atomic E-state index is 12.6. The zero-order chi connectivity index (χ0) is 15.1. The first kappa shape index (κ1) is 14.3. The first-order valence-corrected chi connectivity index (χ1v) is 9.13. The highest BCUT2D eigenvalue weighted by molar-refractivity contribution is 5.80. The summed E-state index contributed by atoms with van der Waals surface area (Å²) < 4.78 is 0. The van der Waals surface area contributed by atoms with E-state index in [2.05, 4.69) is 30.4 Å². The molecule has 4 rings (SSSR count). The van der Waals surface area contributed by atoms with Gasteiger partial charge in [0.25, 0.3) is 0 Å². The number of hydrogen-bond donors (Lipinski definition) is 1. The Morgan fingerprint density at radius 1 is 1.14 bits per heavy atom. The molecule has 1 aromatic rings. The van der Waals surface area contributed by atoms with Gasteiger partial charge in [-0.15, -0.1) is 0 Å². The van der Waals surface area contributed by atoms with E-state index in [0.717, 1.165) is 12.3 Å². The van der Waals surface area contributed by atoms with Crippen LogP contribution in [0.1, 0.15) is 68.2 Å². The van der Waals surface area contributed by atoms with Gasteiger partial charge in [0.1, 0.15) is 0 Å². The summed E-state index contributed by atoms with van der Waals surface area (Å²) >= 11 is 0. The second-order valence-corrected chi connectivity index (χ2v) is 7.75. The third-order valence-corrected chi connectivity index (χ3v) is 6.31. The van der Waals surface area contributed by atoms with Crippen LogP contribution in [0.4, 0.5) is 0 Å². The van der Waals surface area contributed by atoms with Gasteiger partial charge in [0.15, 0.2) is 0 Å². The number of aryl methyl sites for hydroxylation is 2. The zero-order valence-corrected chi connectivity index (χ0v) is 13.6. The molecule has 22 heavy (non-hydrogen) atoms. The Labute approximate surface area is 133 Å². The van der Waals surface area contributed by atoms with E-state index < -0.39 is 0 Å². The number of nitrogens with one attached hydrogen (secondary N) is 1. The summed E-state index contributed by atoms with van der Waals surface area (Å²) in [5.74, 6) is 2.09. The van der Waals surface area contributed by atoms with Gasteiger partial charge in [0.2, 0.25) is 5.91 Å². The predicted molar refractivity (Wildman–Crippen MR) is 88.6 cm³/mol. The average Bonchev–Trinajstić information content (AvgIpc) is 3.17. The second-order valence-electron chi connectivity index (χ2n) is 7.75. The number of amides is 1. The van der Waals surface area contributed by atoms with Crippen LogP contribution in [0.25, 0.3) is 0 Å². The molecule has 2 nitrogen and oxygen atoms in total. The quantitative estimate of drug-likeness (QED) is 0.891. The van der Waals surface area contributed by atoms with Crippen LogP contribution < -0.4 is 5.32 Å². The van der Waals surface area contributed by atoms with Crippen LogP contribution >= 0.6 is 0 Å². The third-order valence-electron chi connectivity index (χ3n) is 6.31. The number of benzene rings is 1. The van der Waals surface area contributed by atoms with E-state index in [1.807, 2.05) is 0 Å². The minimum Gasteiger partial charge on any atom is -0.349 e. The monoisotopic (exact) mass is 297 g/mol. The van der Waals surface area contributed by atoms with E-state index in [-0.39, 0.29) is 6.04 Å². The largest absolute Gasteiger partial charge is 0.349 e. The summed E-state index contributed by atoms with van der Waals surface area (Å²) in [6.45, 7) is 2.13. The van der Waals surface area contributed by atoms with Gasteiger partial charge in [0, 0.05) is 5.92 Å². The van der Waals surface area contributed by atoms with Crippen molar-refractivity contribution in [2.24, 2.45) is 17.8 Å². The molecule has 0 saturated heterocycles. The fourth-order valence-electron chi connectivity index (χ4n) is 4.99. The Kier molecular flexibility index (Phi) is 3.71. The Bertz CT molecular complexity index is 579. The van der Waals surface area contributed by atoms with E-state index in [0.29, 0.717) is 17.7 Å². The topological polar surface area (TPSA) is 29.1 Å². The molecule has 2 fully saturated rings. The van der Waals surface area contributed by atoms with Gasteiger partial charge in [-0.3, -0.25) is 4.79 Å². The van der Waals surface area contributed by atoms with E-state index in [1.165, 1.54) is 61.6 Å². The molecule has 0 spiro atoms. The fraction of sp³-hybridized carbons (Fsp3) is 0.650. The molecule has 2 saturated carbocycles. The fourth-order valence-corrected chi connectivity index (χ4v) is 4.99. The van der Waals surface area contributed by atoms with E-state index in [9.17, 15) is 4.79 Å². The number of carbonyl (C=O) groups excluding carboxylic acids is 1. The molecule has 2 bridgehead atoms. The molecular formula is C20H27NO. The summed E-state index contributed by atoms with van der Waals surface area (Å²) in [6.07, 6.45) is 10.1. The Balaban J connectivity index is 1.43. The van der Waals surface area contributed by atoms with Crippen LogP contribution in [0.5, 0.6) is 0 Å². The van der Waals surface area contributed by atoms with Gasteiger partial charge in [-0.05, 0) is 80.4 Å². The Morgan fingerprint density at radius 3 is 2.68 bits per heavy atom. The minimum absolute atomic E-state index is 0.138. The van der Waals surface area contributed by atoms with Crippen molar-refractivity contribution in [1.82, 2.24) is 5.32 Å². The van der Waals surface area contributed by atoms with Crippen LogP contribution in [-0.4, -0.2) is 5.91 Å². The molecule has 1 N–H and O–H groups in total. The number of fused-ring (bicyclic) bond motifs is 3. The van der Waals surface area contributed by atoms with Crippen molar-refractivity contribution in [2.45, 2.75) is 64.3 Å². The van der Waals surface area contributed by atoms with Crippen molar-refractivity contribution in [3.8, 4) is 0 Å². The maximum Gasteiger partial charge on any atom is 0.223 e. The predicted octanol–water partition coefficient (Wildman–Crippen LogP) is 4.18. The SMILES string of the molecule is CC(NC(=O)C1CC2CCC1C2)c1ccc2c(c1)CCCC2. The summed E-state index contributed by atoms with van der Waals surface area (Å²) in [7, 11) is 0. The lowest BCUT2D eigenvalue weighted by molar-refractivity contribution is -0.127. The van der Waals surface area contributed by atoms with E-state index >= 15 is 0 Å². The lowest BCUT2D eigenvalue weighted by atomic mass is 9.87. The second kappa shape index (κ2) is 5.72. The van der Waals surface area contributed by atoms with Crippen molar-refractivity contribution in [3.05, 3.63) is 34.9 Å². The normalized spacial score (nSPS) is 30.9. The van der Waals surface area contributed by atoms with Crippen LogP contribution in [0.15, 0.2) is 18.2 Å². The molecular weight excluding hydrogens is 270 g/mol. The van der Waals surface area contributed by atoms with Gasteiger partial charge >= 0.3 is 0 Å². The molecule has 0 aromatic heterocycles. The molecule has 3 aliphatic carbocycles. The maximum atomic E-state index is 12.6. The molecule has 4 unspecified atom stereocenters.